The largest absolute Gasteiger partial charge is 0.357 e. The van der Waals surface area contributed by atoms with Gasteiger partial charge in [0.1, 0.15) is 0 Å². The van der Waals surface area contributed by atoms with Crippen molar-refractivity contribution in [3.63, 3.8) is 0 Å². The molecule has 11 heavy (non-hydrogen) atoms. The zero-order valence-corrected chi connectivity index (χ0v) is 6.81. The molecule has 2 heterocycles. The van der Waals surface area contributed by atoms with Gasteiger partial charge in [-0.2, -0.15) is 0 Å². The van der Waals surface area contributed by atoms with Crippen LogP contribution < -0.4 is 0 Å². The summed E-state index contributed by atoms with van der Waals surface area (Å²) in [6, 6.07) is 2.02. The number of hydrogen-bond acceptors (Lipinski definition) is 1. The van der Waals surface area contributed by atoms with Crippen molar-refractivity contribution in [2.45, 2.75) is 6.92 Å². The van der Waals surface area contributed by atoms with E-state index in [1.54, 1.807) is 12.4 Å². The zero-order chi connectivity index (χ0) is 7.84. The van der Waals surface area contributed by atoms with Gasteiger partial charge in [-0.1, -0.05) is 11.6 Å². The summed E-state index contributed by atoms with van der Waals surface area (Å²) in [6.07, 6.45) is 3.44. The van der Waals surface area contributed by atoms with E-state index in [2.05, 4.69) is 9.97 Å². The summed E-state index contributed by atoms with van der Waals surface area (Å²) in [4.78, 5) is 7.13. The predicted octanol–water partition coefficient (Wildman–Crippen LogP) is 2.52. The molecule has 0 bridgehead atoms. The van der Waals surface area contributed by atoms with Crippen molar-refractivity contribution in [2.75, 3.05) is 0 Å². The third-order valence-electron chi connectivity index (χ3n) is 1.62. The number of H-pyrrole nitrogens is 1. The molecule has 0 unspecified atom stereocenters. The van der Waals surface area contributed by atoms with Crippen LogP contribution in [0.4, 0.5) is 0 Å². The fraction of sp³-hybridized carbons (Fsp3) is 0.125. The lowest BCUT2D eigenvalue weighted by Gasteiger charge is -1.89. The molecule has 2 aromatic rings. The van der Waals surface area contributed by atoms with Crippen LogP contribution in [0.25, 0.3) is 10.9 Å². The summed E-state index contributed by atoms with van der Waals surface area (Å²) in [7, 11) is 0. The summed E-state index contributed by atoms with van der Waals surface area (Å²) in [5.41, 5.74) is 2.08. The maximum atomic E-state index is 5.88. The van der Waals surface area contributed by atoms with E-state index in [-0.39, 0.29) is 0 Å². The molecule has 0 aliphatic carbocycles. The van der Waals surface area contributed by atoms with E-state index in [4.69, 9.17) is 11.6 Å². The first-order valence-corrected chi connectivity index (χ1v) is 3.74. The van der Waals surface area contributed by atoms with Crippen molar-refractivity contribution in [2.24, 2.45) is 0 Å². The van der Waals surface area contributed by atoms with Gasteiger partial charge in [0.15, 0.2) is 0 Å². The topological polar surface area (TPSA) is 28.7 Å². The molecule has 0 aliphatic rings. The van der Waals surface area contributed by atoms with Crippen molar-refractivity contribution in [1.29, 1.82) is 0 Å². The molecule has 1 N–H and O–H groups in total. The van der Waals surface area contributed by atoms with Crippen LogP contribution in [0.5, 0.6) is 0 Å². The van der Waals surface area contributed by atoms with Gasteiger partial charge in [-0.05, 0) is 13.0 Å². The molecule has 0 amide bonds. The number of nitrogens with one attached hydrogen (secondary N) is 1. The SMILES string of the molecule is Cc1cc2cncc(Cl)c2[nH]1. The number of aromatic amines is 1. The van der Waals surface area contributed by atoms with Crippen LogP contribution in [-0.2, 0) is 0 Å². The third kappa shape index (κ3) is 0.994. The lowest BCUT2D eigenvalue weighted by molar-refractivity contribution is 1.29. The average molecular weight is 167 g/mol. The Kier molecular flexibility index (Phi) is 1.36. The van der Waals surface area contributed by atoms with Crippen LogP contribution in [0, 0.1) is 6.92 Å². The van der Waals surface area contributed by atoms with Crippen LogP contribution >= 0.6 is 11.6 Å². The van der Waals surface area contributed by atoms with Gasteiger partial charge < -0.3 is 4.98 Å². The quantitative estimate of drug-likeness (QED) is 0.640. The predicted molar refractivity (Wildman–Crippen MR) is 45.8 cm³/mol. The van der Waals surface area contributed by atoms with Gasteiger partial charge in [-0.15, -0.1) is 0 Å². The Morgan fingerprint density at radius 2 is 2.27 bits per heavy atom. The first-order valence-electron chi connectivity index (χ1n) is 3.36. The van der Waals surface area contributed by atoms with Crippen molar-refractivity contribution < 1.29 is 0 Å². The number of fused-ring (bicyclic) bond motifs is 1. The Bertz CT molecular complexity index is 392. The number of aryl methyl sites for hydroxylation is 1. The molecule has 0 saturated carbocycles. The molecule has 0 aliphatic heterocycles. The van der Waals surface area contributed by atoms with E-state index < -0.39 is 0 Å². The summed E-state index contributed by atoms with van der Waals surface area (Å²) in [5.74, 6) is 0. The fourth-order valence-corrected chi connectivity index (χ4v) is 1.37. The van der Waals surface area contributed by atoms with E-state index in [9.17, 15) is 0 Å². The Morgan fingerprint density at radius 1 is 1.45 bits per heavy atom. The maximum absolute atomic E-state index is 5.88. The standard InChI is InChI=1S/C8H7ClN2/c1-5-2-6-3-10-4-7(9)8(6)11-5/h2-4,11H,1H3. The van der Waals surface area contributed by atoms with E-state index in [1.165, 1.54) is 0 Å². The monoisotopic (exact) mass is 166 g/mol. The molecule has 0 saturated heterocycles. The smallest absolute Gasteiger partial charge is 0.0830 e. The van der Waals surface area contributed by atoms with Crippen molar-refractivity contribution in [1.82, 2.24) is 9.97 Å². The van der Waals surface area contributed by atoms with Gasteiger partial charge in [0.25, 0.3) is 0 Å². The Balaban J connectivity index is 2.90. The Hall–Kier alpha value is -1.02. The van der Waals surface area contributed by atoms with E-state index in [0.717, 1.165) is 16.6 Å². The minimum atomic E-state index is 0.676. The Morgan fingerprint density at radius 3 is 3.00 bits per heavy atom. The molecule has 0 aromatic carbocycles. The zero-order valence-electron chi connectivity index (χ0n) is 6.06. The van der Waals surface area contributed by atoms with Crippen LogP contribution in [-0.4, -0.2) is 9.97 Å². The second kappa shape index (κ2) is 2.24. The third-order valence-corrected chi connectivity index (χ3v) is 1.91. The number of halogens is 1. The van der Waals surface area contributed by atoms with E-state index >= 15 is 0 Å². The Labute approximate surface area is 69.2 Å². The highest BCUT2D eigenvalue weighted by Crippen LogP contribution is 2.21. The highest BCUT2D eigenvalue weighted by molar-refractivity contribution is 6.34. The lowest BCUT2D eigenvalue weighted by Crippen LogP contribution is -1.73. The molecule has 0 spiro atoms. The van der Waals surface area contributed by atoms with Crippen molar-refractivity contribution >= 4 is 22.5 Å². The number of aromatic nitrogens is 2. The van der Waals surface area contributed by atoms with Crippen LogP contribution in [0.15, 0.2) is 18.5 Å². The van der Waals surface area contributed by atoms with Gasteiger partial charge in [-0.25, -0.2) is 0 Å². The molecule has 3 heteroatoms. The van der Waals surface area contributed by atoms with Gasteiger partial charge >= 0.3 is 0 Å². The molecule has 2 aromatic heterocycles. The first kappa shape index (κ1) is 6.68. The number of pyridine rings is 1. The molecule has 0 radical (unpaired) electrons. The fourth-order valence-electron chi connectivity index (χ4n) is 1.16. The average Bonchev–Trinajstić information content (AvgIpc) is 2.31. The van der Waals surface area contributed by atoms with E-state index in [0.29, 0.717) is 5.02 Å². The molecular weight excluding hydrogens is 160 g/mol. The second-order valence-corrected chi connectivity index (χ2v) is 2.95. The van der Waals surface area contributed by atoms with Gasteiger partial charge in [0.2, 0.25) is 0 Å². The molecule has 2 nitrogen and oxygen atoms in total. The van der Waals surface area contributed by atoms with Gasteiger partial charge in [0, 0.05) is 23.5 Å². The van der Waals surface area contributed by atoms with Crippen LogP contribution in [0.1, 0.15) is 5.69 Å². The molecule has 0 atom stereocenters. The minimum Gasteiger partial charge on any atom is -0.357 e. The molecular formula is C8H7ClN2. The van der Waals surface area contributed by atoms with Crippen LogP contribution in [0.3, 0.4) is 0 Å². The second-order valence-electron chi connectivity index (χ2n) is 2.54. The summed E-state index contributed by atoms with van der Waals surface area (Å²) in [5, 5.41) is 1.74. The highest BCUT2D eigenvalue weighted by atomic mass is 35.5. The lowest BCUT2D eigenvalue weighted by atomic mass is 10.3. The normalized spacial score (nSPS) is 10.7. The summed E-state index contributed by atoms with van der Waals surface area (Å²) in [6.45, 7) is 2.00. The highest BCUT2D eigenvalue weighted by Gasteiger charge is 2.00. The minimum absolute atomic E-state index is 0.676. The number of nitrogens with zero attached hydrogens (tertiary/aromatic N) is 1. The number of rotatable bonds is 0. The summed E-state index contributed by atoms with van der Waals surface area (Å²) < 4.78 is 0. The van der Waals surface area contributed by atoms with Crippen LogP contribution in [0.2, 0.25) is 5.02 Å². The molecule has 0 fully saturated rings. The first-order chi connectivity index (χ1) is 5.27. The van der Waals surface area contributed by atoms with Crippen molar-refractivity contribution in [3.05, 3.63) is 29.2 Å². The van der Waals surface area contributed by atoms with Gasteiger partial charge in [-0.3, -0.25) is 4.98 Å². The van der Waals surface area contributed by atoms with E-state index in [1.807, 2.05) is 13.0 Å². The van der Waals surface area contributed by atoms with Gasteiger partial charge in [0.05, 0.1) is 10.5 Å². The molecule has 2 rings (SSSR count). The van der Waals surface area contributed by atoms with Crippen molar-refractivity contribution in [3.8, 4) is 0 Å². The molecule has 56 valence electrons. The summed E-state index contributed by atoms with van der Waals surface area (Å²) >= 11 is 5.88. The number of hydrogen-bond donors (Lipinski definition) is 1. The maximum Gasteiger partial charge on any atom is 0.0830 e.